The predicted molar refractivity (Wildman–Crippen MR) is 85.7 cm³/mol. The number of nitrogens with one attached hydrogen (secondary N) is 1. The molecule has 0 heterocycles. The third-order valence-electron chi connectivity index (χ3n) is 3.39. The maximum absolute atomic E-state index is 11.9. The third-order valence-corrected chi connectivity index (χ3v) is 3.39. The molecule has 0 aliphatic heterocycles. The summed E-state index contributed by atoms with van der Waals surface area (Å²) in [4.78, 5) is 11.9. The molecule has 0 radical (unpaired) electrons. The number of benzene rings is 2. The molecule has 0 saturated carbocycles. The van der Waals surface area contributed by atoms with E-state index >= 15 is 0 Å². The van der Waals surface area contributed by atoms with Gasteiger partial charge in [0.2, 0.25) is 0 Å². The number of carbonyl (C=O) groups is 1. The van der Waals surface area contributed by atoms with Gasteiger partial charge < -0.3 is 15.2 Å². The SMILES string of the molecule is CC(O)(CNC(=O)COc1ccccc1C#N)c1ccccc1. The summed E-state index contributed by atoms with van der Waals surface area (Å²) in [5, 5.41) is 22.0. The standard InChI is InChI=1S/C18H18N2O3/c1-18(22,15-8-3-2-4-9-15)13-20-17(21)12-23-16-10-6-5-7-14(16)11-19/h2-10,22H,12-13H2,1H3,(H,20,21). The van der Waals surface area contributed by atoms with E-state index in [2.05, 4.69) is 5.32 Å². The lowest BCUT2D eigenvalue weighted by molar-refractivity contribution is -0.124. The highest BCUT2D eigenvalue weighted by Gasteiger charge is 2.23. The molecule has 1 amide bonds. The minimum absolute atomic E-state index is 0.0686. The van der Waals surface area contributed by atoms with Crippen LogP contribution in [0.15, 0.2) is 54.6 Å². The van der Waals surface area contributed by atoms with Crippen molar-refractivity contribution in [2.24, 2.45) is 0 Å². The number of ether oxygens (including phenoxy) is 1. The van der Waals surface area contributed by atoms with Crippen LogP contribution in [0.1, 0.15) is 18.1 Å². The second-order valence-corrected chi connectivity index (χ2v) is 5.31. The van der Waals surface area contributed by atoms with Crippen molar-refractivity contribution >= 4 is 5.91 Å². The molecule has 23 heavy (non-hydrogen) atoms. The highest BCUT2D eigenvalue weighted by atomic mass is 16.5. The normalized spacial score (nSPS) is 12.7. The molecule has 0 aromatic heterocycles. The number of nitriles is 1. The Morgan fingerprint density at radius 3 is 2.57 bits per heavy atom. The maximum atomic E-state index is 11.9. The van der Waals surface area contributed by atoms with E-state index in [1.807, 2.05) is 24.3 Å². The number of amides is 1. The molecule has 2 aromatic carbocycles. The molecule has 0 aliphatic carbocycles. The fourth-order valence-electron chi connectivity index (χ4n) is 2.05. The van der Waals surface area contributed by atoms with Crippen LogP contribution in [0.3, 0.4) is 0 Å². The molecule has 2 aromatic rings. The van der Waals surface area contributed by atoms with Gasteiger partial charge in [0.15, 0.2) is 6.61 Å². The van der Waals surface area contributed by atoms with Crippen molar-refractivity contribution in [3.8, 4) is 11.8 Å². The van der Waals surface area contributed by atoms with E-state index < -0.39 is 5.60 Å². The van der Waals surface area contributed by atoms with E-state index in [0.717, 1.165) is 5.56 Å². The third kappa shape index (κ3) is 4.56. The predicted octanol–water partition coefficient (Wildman–Crippen LogP) is 1.96. The van der Waals surface area contributed by atoms with E-state index in [-0.39, 0.29) is 19.1 Å². The highest BCUT2D eigenvalue weighted by Crippen LogP contribution is 2.19. The van der Waals surface area contributed by atoms with E-state index in [0.29, 0.717) is 11.3 Å². The van der Waals surface area contributed by atoms with Crippen molar-refractivity contribution in [3.05, 3.63) is 65.7 Å². The zero-order valence-electron chi connectivity index (χ0n) is 12.8. The summed E-state index contributed by atoms with van der Waals surface area (Å²) < 4.78 is 5.34. The first-order chi connectivity index (χ1) is 11.0. The Morgan fingerprint density at radius 1 is 1.22 bits per heavy atom. The van der Waals surface area contributed by atoms with Crippen molar-refractivity contribution in [2.75, 3.05) is 13.2 Å². The summed E-state index contributed by atoms with van der Waals surface area (Å²) in [5.74, 6) is -0.00563. The Morgan fingerprint density at radius 2 is 1.87 bits per heavy atom. The molecule has 1 unspecified atom stereocenters. The Hall–Kier alpha value is -2.84. The van der Waals surface area contributed by atoms with Crippen LogP contribution in [0.4, 0.5) is 0 Å². The number of nitrogens with zero attached hydrogens (tertiary/aromatic N) is 1. The molecule has 118 valence electrons. The fourth-order valence-corrected chi connectivity index (χ4v) is 2.05. The van der Waals surface area contributed by atoms with Crippen LogP contribution < -0.4 is 10.1 Å². The van der Waals surface area contributed by atoms with E-state index in [1.165, 1.54) is 0 Å². The highest BCUT2D eigenvalue weighted by molar-refractivity contribution is 5.77. The van der Waals surface area contributed by atoms with Crippen LogP contribution >= 0.6 is 0 Å². The van der Waals surface area contributed by atoms with Gasteiger partial charge in [-0.1, -0.05) is 42.5 Å². The van der Waals surface area contributed by atoms with Gasteiger partial charge in [0.25, 0.3) is 5.91 Å². The summed E-state index contributed by atoms with van der Waals surface area (Å²) in [5.41, 5.74) is -0.0748. The first-order valence-electron chi connectivity index (χ1n) is 7.19. The van der Waals surface area contributed by atoms with Gasteiger partial charge in [-0.05, 0) is 24.6 Å². The summed E-state index contributed by atoms with van der Waals surface area (Å²) in [6.45, 7) is 1.48. The Bertz CT molecular complexity index is 706. The lowest BCUT2D eigenvalue weighted by atomic mass is 9.96. The lowest BCUT2D eigenvalue weighted by Crippen LogP contribution is -2.40. The van der Waals surface area contributed by atoms with Gasteiger partial charge in [-0.25, -0.2) is 0 Å². The van der Waals surface area contributed by atoms with Crippen LogP contribution in [-0.4, -0.2) is 24.2 Å². The number of rotatable bonds is 6. The quantitative estimate of drug-likeness (QED) is 0.854. The lowest BCUT2D eigenvalue weighted by Gasteiger charge is -2.24. The van der Waals surface area contributed by atoms with E-state index in [4.69, 9.17) is 10.00 Å². The van der Waals surface area contributed by atoms with Crippen LogP contribution in [0.25, 0.3) is 0 Å². The van der Waals surface area contributed by atoms with Crippen molar-refractivity contribution in [2.45, 2.75) is 12.5 Å². The molecule has 1 atom stereocenters. The summed E-state index contributed by atoms with van der Waals surface area (Å²) in [6, 6.07) is 17.8. The Balaban J connectivity index is 1.87. The van der Waals surface area contributed by atoms with Gasteiger partial charge >= 0.3 is 0 Å². The van der Waals surface area contributed by atoms with Gasteiger partial charge in [-0.2, -0.15) is 5.26 Å². The monoisotopic (exact) mass is 310 g/mol. The molecule has 5 heteroatoms. The van der Waals surface area contributed by atoms with Gasteiger partial charge in [-0.15, -0.1) is 0 Å². The molecule has 2 N–H and O–H groups in total. The van der Waals surface area contributed by atoms with Crippen molar-refractivity contribution in [3.63, 3.8) is 0 Å². The fraction of sp³-hybridized carbons (Fsp3) is 0.222. The minimum atomic E-state index is -1.17. The topological polar surface area (TPSA) is 82.3 Å². The van der Waals surface area contributed by atoms with Crippen LogP contribution in [0, 0.1) is 11.3 Å². The largest absolute Gasteiger partial charge is 0.482 e. The second kappa shape index (κ2) is 7.43. The molecular weight excluding hydrogens is 292 g/mol. The summed E-state index contributed by atoms with van der Waals surface area (Å²) in [6.07, 6.45) is 0. The minimum Gasteiger partial charge on any atom is -0.482 e. The summed E-state index contributed by atoms with van der Waals surface area (Å²) in [7, 11) is 0. The van der Waals surface area contributed by atoms with Crippen molar-refractivity contribution < 1.29 is 14.6 Å². The zero-order valence-corrected chi connectivity index (χ0v) is 12.8. The van der Waals surface area contributed by atoms with Crippen LogP contribution in [0.2, 0.25) is 0 Å². The molecule has 0 saturated heterocycles. The van der Waals surface area contributed by atoms with E-state index in [1.54, 1.807) is 43.3 Å². The molecule has 2 rings (SSSR count). The van der Waals surface area contributed by atoms with Gasteiger partial charge in [0, 0.05) is 0 Å². The number of aliphatic hydroxyl groups is 1. The Labute approximate surface area is 135 Å². The van der Waals surface area contributed by atoms with Crippen molar-refractivity contribution in [1.82, 2.24) is 5.32 Å². The van der Waals surface area contributed by atoms with Crippen LogP contribution in [-0.2, 0) is 10.4 Å². The van der Waals surface area contributed by atoms with Gasteiger partial charge in [0.05, 0.1) is 12.1 Å². The smallest absolute Gasteiger partial charge is 0.258 e. The van der Waals surface area contributed by atoms with Gasteiger partial charge in [-0.3, -0.25) is 4.79 Å². The molecular formula is C18H18N2O3. The van der Waals surface area contributed by atoms with Gasteiger partial charge in [0.1, 0.15) is 17.4 Å². The van der Waals surface area contributed by atoms with E-state index in [9.17, 15) is 9.90 Å². The average Bonchev–Trinajstić information content (AvgIpc) is 2.59. The second-order valence-electron chi connectivity index (χ2n) is 5.31. The number of carbonyl (C=O) groups excluding carboxylic acids is 1. The average molecular weight is 310 g/mol. The van der Waals surface area contributed by atoms with Crippen LogP contribution in [0.5, 0.6) is 5.75 Å². The first kappa shape index (κ1) is 16.5. The number of hydrogen-bond donors (Lipinski definition) is 2. The zero-order chi connectivity index (χ0) is 16.7. The summed E-state index contributed by atoms with van der Waals surface area (Å²) >= 11 is 0. The molecule has 0 aliphatic rings. The number of para-hydroxylation sites is 1. The molecule has 5 nitrogen and oxygen atoms in total. The maximum Gasteiger partial charge on any atom is 0.258 e. The molecule has 0 fully saturated rings. The molecule has 0 spiro atoms. The number of hydrogen-bond acceptors (Lipinski definition) is 4. The first-order valence-corrected chi connectivity index (χ1v) is 7.19. The van der Waals surface area contributed by atoms with Crippen molar-refractivity contribution in [1.29, 1.82) is 5.26 Å². The Kier molecular flexibility index (Phi) is 5.34. The molecule has 0 bridgehead atoms.